The highest BCUT2D eigenvalue weighted by molar-refractivity contribution is 6.30. The molecule has 0 amide bonds. The van der Waals surface area contributed by atoms with Crippen molar-refractivity contribution in [3.63, 3.8) is 0 Å². The minimum Gasteiger partial charge on any atom is -0.492 e. The third-order valence-corrected chi connectivity index (χ3v) is 1.87. The minimum absolute atomic E-state index is 0.150. The van der Waals surface area contributed by atoms with Crippen LogP contribution in [-0.2, 0) is 0 Å². The summed E-state index contributed by atoms with van der Waals surface area (Å²) >= 11 is 5.78. The summed E-state index contributed by atoms with van der Waals surface area (Å²) in [4.78, 5) is 0. The number of halogens is 1. The normalized spacial score (nSPS) is 10.1. The lowest BCUT2D eigenvalue weighted by molar-refractivity contribution is 0.276. The summed E-state index contributed by atoms with van der Waals surface area (Å²) in [6, 6.07) is 7.28. The van der Waals surface area contributed by atoms with Gasteiger partial charge in [0.25, 0.3) is 0 Å². The van der Waals surface area contributed by atoms with Gasteiger partial charge in [0.2, 0.25) is 0 Å². The maximum atomic E-state index is 8.50. The molecule has 0 unspecified atom stereocenters. The maximum absolute atomic E-state index is 8.50. The zero-order valence-corrected chi connectivity index (χ0v) is 8.63. The lowest BCUT2D eigenvalue weighted by Crippen LogP contribution is -2.23. The van der Waals surface area contributed by atoms with Crippen molar-refractivity contribution in [2.75, 3.05) is 26.3 Å². The molecule has 78 valence electrons. The molecule has 0 bridgehead atoms. The fourth-order valence-electron chi connectivity index (χ4n) is 1.00. The number of rotatable bonds is 6. The number of aliphatic hydroxyl groups excluding tert-OH is 1. The molecule has 1 rings (SSSR count). The van der Waals surface area contributed by atoms with Crippen molar-refractivity contribution in [2.45, 2.75) is 0 Å². The summed E-state index contributed by atoms with van der Waals surface area (Å²) in [6.45, 7) is 2.03. The molecule has 0 saturated heterocycles. The third kappa shape index (κ3) is 4.46. The molecule has 0 heterocycles. The molecule has 0 fully saturated rings. The summed E-state index contributed by atoms with van der Waals surface area (Å²) in [7, 11) is 0. The van der Waals surface area contributed by atoms with Crippen LogP contribution in [0.2, 0.25) is 5.02 Å². The number of aliphatic hydroxyl groups is 1. The quantitative estimate of drug-likeness (QED) is 0.703. The van der Waals surface area contributed by atoms with E-state index in [4.69, 9.17) is 21.4 Å². The number of nitrogens with one attached hydrogen (secondary N) is 1. The summed E-state index contributed by atoms with van der Waals surface area (Å²) in [5, 5.41) is 12.2. The van der Waals surface area contributed by atoms with Gasteiger partial charge in [-0.05, 0) is 18.2 Å². The van der Waals surface area contributed by atoms with Crippen LogP contribution in [0, 0.1) is 0 Å². The first-order chi connectivity index (χ1) is 6.83. The topological polar surface area (TPSA) is 41.5 Å². The van der Waals surface area contributed by atoms with Crippen LogP contribution in [0.4, 0.5) is 0 Å². The van der Waals surface area contributed by atoms with Crippen molar-refractivity contribution in [2.24, 2.45) is 0 Å². The highest BCUT2D eigenvalue weighted by Gasteiger charge is 1.93. The third-order valence-electron chi connectivity index (χ3n) is 1.63. The highest BCUT2D eigenvalue weighted by Crippen LogP contribution is 2.16. The van der Waals surface area contributed by atoms with E-state index >= 15 is 0 Å². The standard InChI is InChI=1S/C10H14ClNO2/c11-9-2-1-3-10(8-9)14-7-5-12-4-6-13/h1-3,8,12-13H,4-7H2. The van der Waals surface area contributed by atoms with Gasteiger partial charge in [-0.25, -0.2) is 0 Å². The van der Waals surface area contributed by atoms with Crippen LogP contribution >= 0.6 is 11.6 Å². The van der Waals surface area contributed by atoms with Crippen LogP contribution in [0.5, 0.6) is 5.75 Å². The molecule has 0 radical (unpaired) electrons. The van der Waals surface area contributed by atoms with Crippen molar-refractivity contribution in [3.05, 3.63) is 29.3 Å². The van der Waals surface area contributed by atoms with Crippen LogP contribution in [0.25, 0.3) is 0 Å². The highest BCUT2D eigenvalue weighted by atomic mass is 35.5. The smallest absolute Gasteiger partial charge is 0.120 e. The molecule has 4 heteroatoms. The van der Waals surface area contributed by atoms with Crippen LogP contribution in [0.1, 0.15) is 0 Å². The van der Waals surface area contributed by atoms with Crippen molar-refractivity contribution >= 4 is 11.6 Å². The van der Waals surface area contributed by atoms with Gasteiger partial charge in [-0.3, -0.25) is 0 Å². The average molecular weight is 216 g/mol. The first-order valence-electron chi connectivity index (χ1n) is 4.53. The molecule has 1 aromatic rings. The second kappa shape index (κ2) is 6.65. The van der Waals surface area contributed by atoms with E-state index < -0.39 is 0 Å². The Morgan fingerprint density at radius 3 is 2.93 bits per heavy atom. The number of ether oxygens (including phenoxy) is 1. The fourth-order valence-corrected chi connectivity index (χ4v) is 1.18. The monoisotopic (exact) mass is 215 g/mol. The van der Waals surface area contributed by atoms with Crippen molar-refractivity contribution < 1.29 is 9.84 Å². The van der Waals surface area contributed by atoms with Gasteiger partial charge < -0.3 is 15.2 Å². The summed E-state index contributed by atoms with van der Waals surface area (Å²) < 4.78 is 5.40. The van der Waals surface area contributed by atoms with Gasteiger partial charge in [-0.15, -0.1) is 0 Å². The fraction of sp³-hybridized carbons (Fsp3) is 0.400. The van der Waals surface area contributed by atoms with Gasteiger partial charge in [0.05, 0.1) is 6.61 Å². The Kier molecular flexibility index (Phi) is 5.37. The van der Waals surface area contributed by atoms with E-state index in [1.165, 1.54) is 0 Å². The van der Waals surface area contributed by atoms with E-state index in [0.29, 0.717) is 24.7 Å². The minimum atomic E-state index is 0.150. The van der Waals surface area contributed by atoms with E-state index in [-0.39, 0.29) is 6.61 Å². The average Bonchev–Trinajstić information content (AvgIpc) is 2.18. The van der Waals surface area contributed by atoms with Gasteiger partial charge in [0.15, 0.2) is 0 Å². The molecule has 0 aromatic heterocycles. The molecule has 0 aliphatic heterocycles. The van der Waals surface area contributed by atoms with Crippen molar-refractivity contribution in [1.29, 1.82) is 0 Å². The lowest BCUT2D eigenvalue weighted by atomic mass is 10.3. The largest absolute Gasteiger partial charge is 0.492 e. The number of benzene rings is 1. The van der Waals surface area contributed by atoms with Gasteiger partial charge in [-0.2, -0.15) is 0 Å². The van der Waals surface area contributed by atoms with Crippen molar-refractivity contribution in [1.82, 2.24) is 5.32 Å². The van der Waals surface area contributed by atoms with Crippen LogP contribution in [0.3, 0.4) is 0 Å². The molecule has 0 saturated carbocycles. The van der Waals surface area contributed by atoms with Gasteiger partial charge in [-0.1, -0.05) is 17.7 Å². The Hall–Kier alpha value is -0.770. The molecule has 2 N–H and O–H groups in total. The zero-order valence-electron chi connectivity index (χ0n) is 7.87. The lowest BCUT2D eigenvalue weighted by Gasteiger charge is -2.06. The second-order valence-electron chi connectivity index (χ2n) is 2.78. The van der Waals surface area contributed by atoms with Crippen LogP contribution in [0.15, 0.2) is 24.3 Å². The second-order valence-corrected chi connectivity index (χ2v) is 3.22. The predicted octanol–water partition coefficient (Wildman–Crippen LogP) is 1.30. The predicted molar refractivity (Wildman–Crippen MR) is 56.9 cm³/mol. The van der Waals surface area contributed by atoms with E-state index in [0.717, 1.165) is 5.75 Å². The molecular weight excluding hydrogens is 202 g/mol. The maximum Gasteiger partial charge on any atom is 0.120 e. The van der Waals surface area contributed by atoms with E-state index in [1.54, 1.807) is 12.1 Å². The molecular formula is C10H14ClNO2. The van der Waals surface area contributed by atoms with Gasteiger partial charge in [0, 0.05) is 18.1 Å². The SMILES string of the molecule is OCCNCCOc1cccc(Cl)c1. The Bertz CT molecular complexity index is 268. The van der Waals surface area contributed by atoms with Crippen molar-refractivity contribution in [3.8, 4) is 5.75 Å². The Balaban J connectivity index is 2.18. The van der Waals surface area contributed by atoms with E-state index in [1.807, 2.05) is 12.1 Å². The van der Waals surface area contributed by atoms with E-state index in [2.05, 4.69) is 5.32 Å². The molecule has 0 aliphatic carbocycles. The zero-order chi connectivity index (χ0) is 10.2. The molecule has 3 nitrogen and oxygen atoms in total. The molecule has 1 aromatic carbocycles. The van der Waals surface area contributed by atoms with Crippen LogP contribution in [-0.4, -0.2) is 31.4 Å². The van der Waals surface area contributed by atoms with Crippen LogP contribution < -0.4 is 10.1 Å². The Labute approximate surface area is 88.7 Å². The summed E-state index contributed by atoms with van der Waals surface area (Å²) in [5.41, 5.74) is 0. The Morgan fingerprint density at radius 2 is 2.21 bits per heavy atom. The first kappa shape index (κ1) is 11.3. The Morgan fingerprint density at radius 1 is 1.36 bits per heavy atom. The van der Waals surface area contributed by atoms with Gasteiger partial charge >= 0.3 is 0 Å². The molecule has 0 atom stereocenters. The molecule has 14 heavy (non-hydrogen) atoms. The number of hydrogen-bond donors (Lipinski definition) is 2. The molecule has 0 spiro atoms. The van der Waals surface area contributed by atoms with Gasteiger partial charge in [0.1, 0.15) is 12.4 Å². The summed E-state index contributed by atoms with van der Waals surface area (Å²) in [6.07, 6.45) is 0. The summed E-state index contributed by atoms with van der Waals surface area (Å²) in [5.74, 6) is 0.767. The molecule has 0 aliphatic rings. The van der Waals surface area contributed by atoms with E-state index in [9.17, 15) is 0 Å². The number of hydrogen-bond acceptors (Lipinski definition) is 3. The first-order valence-corrected chi connectivity index (χ1v) is 4.90.